The molecule has 0 unspecified atom stereocenters. The van der Waals surface area contributed by atoms with Gasteiger partial charge in [0.05, 0.1) is 11.2 Å². The van der Waals surface area contributed by atoms with Crippen LogP contribution >= 0.6 is 0 Å². The first-order valence-corrected chi connectivity index (χ1v) is 12.2. The van der Waals surface area contributed by atoms with E-state index in [0.717, 1.165) is 19.3 Å². The lowest BCUT2D eigenvalue weighted by Gasteiger charge is -2.26. The number of aryl methyl sites for hydroxylation is 1. The highest BCUT2D eigenvalue weighted by molar-refractivity contribution is 7.89. The zero-order valence-corrected chi connectivity index (χ0v) is 19.0. The fraction of sp³-hybridized carbons (Fsp3) is 0.250. The Balaban J connectivity index is 1.51. The molecule has 8 nitrogen and oxygen atoms in total. The molecule has 4 rings (SSSR count). The van der Waals surface area contributed by atoms with Crippen LogP contribution in [-0.4, -0.2) is 37.6 Å². The lowest BCUT2D eigenvalue weighted by molar-refractivity contribution is 0.0995. The number of anilines is 2. The van der Waals surface area contributed by atoms with Gasteiger partial charge in [-0.2, -0.15) is 4.31 Å². The molecule has 0 aliphatic carbocycles. The van der Waals surface area contributed by atoms with Crippen molar-refractivity contribution in [2.75, 3.05) is 23.7 Å². The number of furan rings is 1. The average molecular weight is 468 g/mol. The summed E-state index contributed by atoms with van der Waals surface area (Å²) in [4.78, 5) is 25.2. The smallest absolute Gasteiger partial charge is 0.291 e. The zero-order chi connectivity index (χ0) is 23.4. The van der Waals surface area contributed by atoms with Gasteiger partial charge in [0.25, 0.3) is 11.8 Å². The van der Waals surface area contributed by atoms with Crippen molar-refractivity contribution in [2.45, 2.75) is 31.1 Å². The van der Waals surface area contributed by atoms with Crippen LogP contribution in [0, 0.1) is 6.92 Å². The van der Waals surface area contributed by atoms with E-state index in [-0.39, 0.29) is 16.2 Å². The highest BCUT2D eigenvalue weighted by Gasteiger charge is 2.28. The minimum Gasteiger partial charge on any atom is -0.459 e. The number of hydrogen-bond acceptors (Lipinski definition) is 5. The summed E-state index contributed by atoms with van der Waals surface area (Å²) < 4.78 is 32.8. The molecular weight excluding hydrogens is 442 g/mol. The van der Waals surface area contributed by atoms with Crippen LogP contribution in [0.2, 0.25) is 0 Å². The van der Waals surface area contributed by atoms with E-state index in [0.29, 0.717) is 30.0 Å². The van der Waals surface area contributed by atoms with Gasteiger partial charge in [0.1, 0.15) is 0 Å². The van der Waals surface area contributed by atoms with E-state index < -0.39 is 21.8 Å². The summed E-state index contributed by atoms with van der Waals surface area (Å²) in [5.41, 5.74) is 1.77. The largest absolute Gasteiger partial charge is 0.459 e. The van der Waals surface area contributed by atoms with Gasteiger partial charge in [-0.1, -0.05) is 18.6 Å². The summed E-state index contributed by atoms with van der Waals surface area (Å²) in [6.07, 6.45) is 4.11. The second-order valence-corrected chi connectivity index (χ2v) is 9.82. The maximum atomic E-state index is 13.1. The van der Waals surface area contributed by atoms with E-state index in [1.165, 1.54) is 16.6 Å². The van der Waals surface area contributed by atoms with Crippen LogP contribution in [0.3, 0.4) is 0 Å². The molecule has 0 radical (unpaired) electrons. The van der Waals surface area contributed by atoms with E-state index in [4.69, 9.17) is 4.42 Å². The molecule has 0 spiro atoms. The molecular formula is C24H25N3O5S. The maximum Gasteiger partial charge on any atom is 0.291 e. The van der Waals surface area contributed by atoms with Gasteiger partial charge in [0.2, 0.25) is 10.0 Å². The predicted octanol–water partition coefficient (Wildman–Crippen LogP) is 4.27. The molecule has 2 aromatic carbocycles. The number of sulfonamides is 1. The third-order valence-electron chi connectivity index (χ3n) is 5.51. The van der Waals surface area contributed by atoms with Crippen LogP contribution in [-0.2, 0) is 10.0 Å². The van der Waals surface area contributed by atoms with Crippen molar-refractivity contribution < 1.29 is 22.4 Å². The summed E-state index contributed by atoms with van der Waals surface area (Å²) in [7, 11) is -3.67. The minimum absolute atomic E-state index is 0.150. The third-order valence-corrected chi connectivity index (χ3v) is 7.55. The number of carbonyl (C=O) groups is 2. The lowest BCUT2D eigenvalue weighted by Crippen LogP contribution is -2.36. The SMILES string of the molecule is Cc1ccc(C(=O)Nc2cccc(NC(=O)c3ccco3)c2)cc1S(=O)(=O)N1CCCCC1. The molecule has 3 aromatic rings. The van der Waals surface area contributed by atoms with E-state index in [1.807, 2.05) is 0 Å². The fourth-order valence-corrected chi connectivity index (χ4v) is 5.51. The molecule has 1 saturated heterocycles. The number of carbonyl (C=O) groups excluding carboxylic acids is 2. The summed E-state index contributed by atoms with van der Waals surface area (Å²) in [5.74, 6) is -0.680. The Morgan fingerprint density at radius 1 is 0.879 bits per heavy atom. The zero-order valence-electron chi connectivity index (χ0n) is 18.2. The Hall–Kier alpha value is -3.43. The summed E-state index contributed by atoms with van der Waals surface area (Å²) in [6, 6.07) is 14.5. The lowest BCUT2D eigenvalue weighted by atomic mass is 10.1. The van der Waals surface area contributed by atoms with Crippen LogP contribution in [0.5, 0.6) is 0 Å². The van der Waals surface area contributed by atoms with Gasteiger partial charge < -0.3 is 15.1 Å². The van der Waals surface area contributed by atoms with E-state index >= 15 is 0 Å². The summed E-state index contributed by atoms with van der Waals surface area (Å²) in [6.45, 7) is 2.72. The normalized spacial score (nSPS) is 14.6. The van der Waals surface area contributed by atoms with E-state index in [2.05, 4.69) is 10.6 Å². The molecule has 2 heterocycles. The second kappa shape index (κ2) is 9.60. The molecule has 1 aliphatic rings. The quantitative estimate of drug-likeness (QED) is 0.563. The Morgan fingerprint density at radius 3 is 2.24 bits per heavy atom. The van der Waals surface area contributed by atoms with Gasteiger partial charge >= 0.3 is 0 Å². The van der Waals surface area contributed by atoms with Crippen LogP contribution in [0.25, 0.3) is 0 Å². The standard InChI is InChI=1S/C24H25N3O5S/c1-17-10-11-18(15-22(17)33(30,31)27-12-3-2-4-13-27)23(28)25-19-7-5-8-20(16-19)26-24(29)21-9-6-14-32-21/h5-11,14-16H,2-4,12-13H2,1H3,(H,25,28)(H,26,29). The van der Waals surface area contributed by atoms with Crippen LogP contribution in [0.15, 0.2) is 70.2 Å². The van der Waals surface area contributed by atoms with Crippen molar-refractivity contribution in [1.29, 1.82) is 0 Å². The Labute approximate surface area is 192 Å². The molecule has 33 heavy (non-hydrogen) atoms. The molecule has 2 amide bonds. The minimum atomic E-state index is -3.67. The van der Waals surface area contributed by atoms with Crippen LogP contribution in [0.1, 0.15) is 45.7 Å². The van der Waals surface area contributed by atoms with E-state index in [1.54, 1.807) is 55.5 Å². The highest BCUT2D eigenvalue weighted by Crippen LogP contribution is 2.25. The molecule has 0 saturated carbocycles. The number of piperidine rings is 1. The van der Waals surface area contributed by atoms with Gasteiger partial charge in [-0.25, -0.2) is 8.42 Å². The number of nitrogens with one attached hydrogen (secondary N) is 2. The average Bonchev–Trinajstić information content (AvgIpc) is 3.35. The van der Waals surface area contributed by atoms with Crippen LogP contribution in [0.4, 0.5) is 11.4 Å². The monoisotopic (exact) mass is 467 g/mol. The van der Waals surface area contributed by atoms with Gasteiger partial charge in [-0.3, -0.25) is 9.59 Å². The van der Waals surface area contributed by atoms with E-state index in [9.17, 15) is 18.0 Å². The fourth-order valence-electron chi connectivity index (χ4n) is 3.74. The molecule has 0 atom stereocenters. The molecule has 0 bridgehead atoms. The number of rotatable bonds is 6. The number of nitrogens with zero attached hydrogens (tertiary/aromatic N) is 1. The second-order valence-electron chi connectivity index (χ2n) is 7.91. The third kappa shape index (κ3) is 5.15. The molecule has 2 N–H and O–H groups in total. The van der Waals surface area contributed by atoms with Crippen molar-refractivity contribution >= 4 is 33.2 Å². The first-order valence-electron chi connectivity index (χ1n) is 10.7. The molecule has 1 aromatic heterocycles. The molecule has 172 valence electrons. The Morgan fingerprint density at radius 2 is 1.58 bits per heavy atom. The van der Waals surface area contributed by atoms with Crippen LogP contribution < -0.4 is 10.6 Å². The Bertz CT molecular complexity index is 1260. The van der Waals surface area contributed by atoms with Gasteiger partial charge in [-0.05, 0) is 67.8 Å². The van der Waals surface area contributed by atoms with Crippen molar-refractivity contribution in [1.82, 2.24) is 4.31 Å². The Kier molecular flexibility index (Phi) is 6.62. The molecule has 1 fully saturated rings. The van der Waals surface area contributed by atoms with Gasteiger partial charge in [0, 0.05) is 30.0 Å². The van der Waals surface area contributed by atoms with Crippen molar-refractivity contribution in [3.8, 4) is 0 Å². The summed E-state index contributed by atoms with van der Waals surface area (Å²) >= 11 is 0. The topological polar surface area (TPSA) is 109 Å². The maximum absolute atomic E-state index is 13.1. The molecule has 9 heteroatoms. The molecule has 1 aliphatic heterocycles. The van der Waals surface area contributed by atoms with Gasteiger partial charge in [-0.15, -0.1) is 0 Å². The van der Waals surface area contributed by atoms with Gasteiger partial charge in [0.15, 0.2) is 5.76 Å². The van der Waals surface area contributed by atoms with Crippen molar-refractivity contribution in [3.63, 3.8) is 0 Å². The summed E-state index contributed by atoms with van der Waals surface area (Å²) in [5, 5.41) is 5.46. The predicted molar refractivity (Wildman–Crippen MR) is 125 cm³/mol. The number of amides is 2. The van der Waals surface area contributed by atoms with Crippen molar-refractivity contribution in [2.24, 2.45) is 0 Å². The number of hydrogen-bond donors (Lipinski definition) is 2. The first kappa shape index (κ1) is 22.8. The first-order chi connectivity index (χ1) is 15.8. The highest BCUT2D eigenvalue weighted by atomic mass is 32.2. The van der Waals surface area contributed by atoms with Crippen molar-refractivity contribution in [3.05, 3.63) is 77.7 Å². The number of benzene rings is 2.